The van der Waals surface area contributed by atoms with Gasteiger partial charge in [0, 0.05) is 12.6 Å². The molecule has 4 N–H and O–H groups in total. The van der Waals surface area contributed by atoms with Crippen LogP contribution in [0.1, 0.15) is 23.5 Å². The molecule has 0 bridgehead atoms. The number of hydrogen-bond acceptors (Lipinski definition) is 5. The average Bonchev–Trinajstić information content (AvgIpc) is 2.61. The Morgan fingerprint density at radius 3 is 2.78 bits per heavy atom. The van der Waals surface area contributed by atoms with Gasteiger partial charge in [-0.2, -0.15) is 0 Å². The molecule has 0 aliphatic carbocycles. The first-order valence-electron chi connectivity index (χ1n) is 5.63. The van der Waals surface area contributed by atoms with E-state index in [0.29, 0.717) is 22.9 Å². The summed E-state index contributed by atoms with van der Waals surface area (Å²) in [7, 11) is 1.54. The van der Waals surface area contributed by atoms with E-state index >= 15 is 0 Å². The number of nitrogens with two attached hydrogens (primary N) is 1. The minimum absolute atomic E-state index is 0.215. The van der Waals surface area contributed by atoms with Gasteiger partial charge in [0.25, 0.3) is 5.91 Å². The molecule has 1 amide bonds. The Hall–Kier alpha value is -1.69. The number of ether oxygens (including phenoxy) is 1. The molecule has 100 valence electrons. The molecule has 0 atom stereocenters. The van der Waals surface area contributed by atoms with Crippen molar-refractivity contribution in [3.63, 3.8) is 0 Å². The number of hydrogen-bond donors (Lipinski definition) is 3. The van der Waals surface area contributed by atoms with Crippen molar-refractivity contribution >= 4 is 27.9 Å². The van der Waals surface area contributed by atoms with E-state index in [9.17, 15) is 4.79 Å². The van der Waals surface area contributed by atoms with E-state index in [1.54, 1.807) is 6.08 Å². The van der Waals surface area contributed by atoms with Gasteiger partial charge in [0.05, 0.1) is 7.11 Å². The molecule has 0 aliphatic heterocycles. The fourth-order valence-electron chi connectivity index (χ4n) is 1.40. The maximum Gasteiger partial charge on any atom is 0.263 e. The van der Waals surface area contributed by atoms with Crippen LogP contribution in [0.15, 0.2) is 12.7 Å². The smallest absolute Gasteiger partial charge is 0.263 e. The van der Waals surface area contributed by atoms with Gasteiger partial charge in [-0.25, -0.2) is 0 Å². The maximum absolute atomic E-state index is 11.9. The van der Waals surface area contributed by atoms with Crippen LogP contribution in [-0.2, 0) is 0 Å². The Morgan fingerprint density at radius 2 is 2.28 bits per heavy atom. The summed E-state index contributed by atoms with van der Waals surface area (Å²) in [5.74, 6) is 0.310. The molecule has 0 radical (unpaired) electrons. The Kier molecular flexibility index (Phi) is 5.03. The Labute approximate surface area is 111 Å². The zero-order chi connectivity index (χ0) is 13.7. The summed E-state index contributed by atoms with van der Waals surface area (Å²) in [4.78, 5) is 12.3. The molecule has 0 spiro atoms. The van der Waals surface area contributed by atoms with Crippen LogP contribution in [0, 0.1) is 0 Å². The quantitative estimate of drug-likeness (QED) is 0.691. The SMILES string of the molecule is C=CCNC(=O)c1sc(NC(C)C)c(OC)c1N. The summed E-state index contributed by atoms with van der Waals surface area (Å²) >= 11 is 1.29. The molecule has 0 saturated carbocycles. The van der Waals surface area contributed by atoms with E-state index in [1.807, 2.05) is 13.8 Å². The molecular formula is C12H19N3O2S. The Morgan fingerprint density at radius 1 is 1.61 bits per heavy atom. The van der Waals surface area contributed by atoms with Crippen molar-refractivity contribution in [3.05, 3.63) is 17.5 Å². The first-order valence-corrected chi connectivity index (χ1v) is 6.44. The number of methoxy groups -OCH3 is 1. The van der Waals surface area contributed by atoms with Crippen LogP contribution in [-0.4, -0.2) is 25.6 Å². The van der Waals surface area contributed by atoms with Crippen molar-refractivity contribution in [1.82, 2.24) is 5.32 Å². The molecule has 0 aromatic carbocycles. The summed E-state index contributed by atoms with van der Waals surface area (Å²) in [6.07, 6.45) is 1.62. The number of nitrogen functional groups attached to an aromatic ring is 1. The van der Waals surface area contributed by atoms with Gasteiger partial charge in [-0.05, 0) is 13.8 Å². The number of anilines is 2. The third-order valence-corrected chi connectivity index (χ3v) is 3.25. The molecule has 0 unspecified atom stereocenters. The van der Waals surface area contributed by atoms with Crippen molar-refractivity contribution in [2.45, 2.75) is 19.9 Å². The molecule has 0 fully saturated rings. The average molecular weight is 269 g/mol. The number of rotatable bonds is 6. The third kappa shape index (κ3) is 3.16. The monoisotopic (exact) mass is 269 g/mol. The molecule has 6 heteroatoms. The van der Waals surface area contributed by atoms with E-state index < -0.39 is 0 Å². The predicted molar refractivity (Wildman–Crippen MR) is 76.6 cm³/mol. The van der Waals surface area contributed by atoms with E-state index in [0.717, 1.165) is 5.00 Å². The second kappa shape index (κ2) is 6.30. The lowest BCUT2D eigenvalue weighted by Gasteiger charge is -2.09. The molecule has 1 heterocycles. The molecule has 1 rings (SSSR count). The van der Waals surface area contributed by atoms with Gasteiger partial charge in [0.2, 0.25) is 0 Å². The number of amides is 1. The Bertz CT molecular complexity index is 441. The van der Waals surface area contributed by atoms with E-state index in [1.165, 1.54) is 18.4 Å². The van der Waals surface area contributed by atoms with Crippen LogP contribution in [0.2, 0.25) is 0 Å². The fraction of sp³-hybridized carbons (Fsp3) is 0.417. The molecular weight excluding hydrogens is 250 g/mol. The van der Waals surface area contributed by atoms with Crippen LogP contribution in [0.25, 0.3) is 0 Å². The van der Waals surface area contributed by atoms with Crippen molar-refractivity contribution in [2.75, 3.05) is 24.7 Å². The van der Waals surface area contributed by atoms with Crippen molar-refractivity contribution in [1.29, 1.82) is 0 Å². The van der Waals surface area contributed by atoms with Crippen molar-refractivity contribution < 1.29 is 9.53 Å². The van der Waals surface area contributed by atoms with Crippen LogP contribution >= 0.6 is 11.3 Å². The van der Waals surface area contributed by atoms with Crippen molar-refractivity contribution in [3.8, 4) is 5.75 Å². The molecule has 5 nitrogen and oxygen atoms in total. The second-order valence-electron chi connectivity index (χ2n) is 4.00. The first-order chi connectivity index (χ1) is 8.51. The first kappa shape index (κ1) is 14.4. The van der Waals surface area contributed by atoms with Crippen LogP contribution in [0.3, 0.4) is 0 Å². The molecule has 18 heavy (non-hydrogen) atoms. The van der Waals surface area contributed by atoms with Gasteiger partial charge in [0.1, 0.15) is 15.6 Å². The highest BCUT2D eigenvalue weighted by molar-refractivity contribution is 7.19. The van der Waals surface area contributed by atoms with E-state index in [-0.39, 0.29) is 11.9 Å². The summed E-state index contributed by atoms with van der Waals surface area (Å²) in [6.45, 7) is 7.97. The molecule has 1 aromatic heterocycles. The Balaban J connectivity index is 3.02. The fourth-order valence-corrected chi connectivity index (χ4v) is 2.55. The summed E-state index contributed by atoms with van der Waals surface area (Å²) in [5, 5.41) is 6.68. The van der Waals surface area contributed by atoms with Crippen LogP contribution in [0.5, 0.6) is 5.75 Å². The summed E-state index contributed by atoms with van der Waals surface area (Å²) in [5.41, 5.74) is 6.29. The highest BCUT2D eigenvalue weighted by atomic mass is 32.1. The molecule has 1 aromatic rings. The van der Waals surface area contributed by atoms with Gasteiger partial charge < -0.3 is 21.1 Å². The normalized spacial score (nSPS) is 10.2. The van der Waals surface area contributed by atoms with Gasteiger partial charge in [-0.3, -0.25) is 4.79 Å². The number of nitrogens with one attached hydrogen (secondary N) is 2. The minimum atomic E-state index is -0.215. The zero-order valence-corrected chi connectivity index (χ0v) is 11.7. The number of carbonyl (C=O) groups is 1. The van der Waals surface area contributed by atoms with Gasteiger partial charge in [-0.15, -0.1) is 17.9 Å². The minimum Gasteiger partial charge on any atom is -0.492 e. The highest BCUT2D eigenvalue weighted by Crippen LogP contribution is 2.42. The largest absolute Gasteiger partial charge is 0.492 e. The third-order valence-electron chi connectivity index (χ3n) is 2.14. The predicted octanol–water partition coefficient (Wildman–Crippen LogP) is 2.08. The summed E-state index contributed by atoms with van der Waals surface area (Å²) in [6, 6.07) is 0.237. The zero-order valence-electron chi connectivity index (χ0n) is 10.9. The summed E-state index contributed by atoms with van der Waals surface area (Å²) < 4.78 is 5.24. The van der Waals surface area contributed by atoms with Gasteiger partial charge >= 0.3 is 0 Å². The second-order valence-corrected chi connectivity index (χ2v) is 5.03. The maximum atomic E-state index is 11.9. The van der Waals surface area contributed by atoms with Crippen molar-refractivity contribution in [2.24, 2.45) is 0 Å². The van der Waals surface area contributed by atoms with E-state index in [4.69, 9.17) is 10.5 Å². The lowest BCUT2D eigenvalue weighted by Crippen LogP contribution is -2.23. The molecule has 0 aliphatic rings. The lowest BCUT2D eigenvalue weighted by atomic mass is 10.3. The van der Waals surface area contributed by atoms with E-state index in [2.05, 4.69) is 17.2 Å². The lowest BCUT2D eigenvalue weighted by molar-refractivity contribution is 0.0962. The topological polar surface area (TPSA) is 76.4 Å². The van der Waals surface area contributed by atoms with Gasteiger partial charge in [-0.1, -0.05) is 6.08 Å². The highest BCUT2D eigenvalue weighted by Gasteiger charge is 2.21. The number of thiophene rings is 1. The van der Waals surface area contributed by atoms with Crippen LogP contribution in [0.4, 0.5) is 10.7 Å². The van der Waals surface area contributed by atoms with Gasteiger partial charge in [0.15, 0.2) is 5.75 Å². The van der Waals surface area contributed by atoms with Crippen LogP contribution < -0.4 is 21.1 Å². The standard InChI is InChI=1S/C12H19N3O2S/c1-5-6-14-11(16)10-8(13)9(17-4)12(18-10)15-7(2)3/h5,7,15H,1,6,13H2,2-4H3,(H,14,16). The number of carbonyl (C=O) groups excluding carboxylic acids is 1. The molecule has 0 saturated heterocycles.